The number of anilines is 1. The van der Waals surface area contributed by atoms with E-state index < -0.39 is 17.3 Å². The Labute approximate surface area is 115 Å². The van der Waals surface area contributed by atoms with Gasteiger partial charge in [-0.3, -0.25) is 0 Å². The second-order valence-electron chi connectivity index (χ2n) is 4.03. The third-order valence-electron chi connectivity index (χ3n) is 2.74. The van der Waals surface area contributed by atoms with Crippen molar-refractivity contribution in [2.75, 3.05) is 12.4 Å². The quantitative estimate of drug-likeness (QED) is 0.878. The lowest BCUT2D eigenvalue weighted by Gasteiger charge is -2.08. The van der Waals surface area contributed by atoms with Crippen LogP contribution in [-0.4, -0.2) is 23.2 Å². The first-order chi connectivity index (χ1) is 9.61. The van der Waals surface area contributed by atoms with Gasteiger partial charge in [0.1, 0.15) is 11.3 Å². The average Bonchev–Trinajstić information content (AvgIpc) is 2.46. The number of nitrogens with zero attached hydrogens (tertiary/aromatic N) is 1. The summed E-state index contributed by atoms with van der Waals surface area (Å²) in [6, 6.07) is 8.34. The summed E-state index contributed by atoms with van der Waals surface area (Å²) in [4.78, 5) is 14.6. The second kappa shape index (κ2) is 6.01. The van der Waals surface area contributed by atoms with Crippen molar-refractivity contribution >= 4 is 11.8 Å². The molecule has 0 fully saturated rings. The minimum atomic E-state index is -1.32. The van der Waals surface area contributed by atoms with Gasteiger partial charge in [-0.25, -0.2) is 14.2 Å². The Bertz CT molecular complexity index is 614. The molecule has 104 valence electrons. The summed E-state index contributed by atoms with van der Waals surface area (Å²) in [7, 11) is 1.57. The lowest BCUT2D eigenvalue weighted by Crippen LogP contribution is -2.08. The molecule has 0 bridgehead atoms. The molecule has 1 aromatic carbocycles. The Hall–Kier alpha value is -2.63. The first kappa shape index (κ1) is 13.8. The third kappa shape index (κ3) is 3.03. The first-order valence-corrected chi connectivity index (χ1v) is 5.86. The Balaban J connectivity index is 2.10. The highest BCUT2D eigenvalue weighted by molar-refractivity contribution is 5.88. The van der Waals surface area contributed by atoms with Crippen molar-refractivity contribution in [3.63, 3.8) is 0 Å². The number of carboxylic acids is 1. The van der Waals surface area contributed by atoms with Crippen molar-refractivity contribution in [3.8, 4) is 5.75 Å². The Morgan fingerprint density at radius 1 is 1.35 bits per heavy atom. The predicted octanol–water partition coefficient (Wildman–Crippen LogP) is 2.54. The highest BCUT2D eigenvalue weighted by Crippen LogP contribution is 2.17. The monoisotopic (exact) mass is 276 g/mol. The van der Waals surface area contributed by atoms with Crippen LogP contribution in [0.4, 0.5) is 10.2 Å². The van der Waals surface area contributed by atoms with Gasteiger partial charge in [-0.2, -0.15) is 0 Å². The zero-order valence-electron chi connectivity index (χ0n) is 10.8. The van der Waals surface area contributed by atoms with E-state index in [4.69, 9.17) is 9.84 Å². The molecule has 0 aliphatic rings. The Kier molecular flexibility index (Phi) is 4.14. The topological polar surface area (TPSA) is 71.5 Å². The number of aromatic nitrogens is 1. The summed E-state index contributed by atoms with van der Waals surface area (Å²) >= 11 is 0. The van der Waals surface area contributed by atoms with E-state index in [0.717, 1.165) is 17.4 Å². The maximum atomic E-state index is 13.8. The van der Waals surface area contributed by atoms with Gasteiger partial charge in [-0.1, -0.05) is 12.1 Å². The number of carboxylic acid groups (broad SMARTS) is 1. The number of benzene rings is 1. The molecule has 1 aromatic heterocycles. The van der Waals surface area contributed by atoms with Crippen LogP contribution < -0.4 is 10.1 Å². The maximum absolute atomic E-state index is 13.8. The molecule has 6 heteroatoms. The molecule has 5 nitrogen and oxygen atoms in total. The molecule has 2 rings (SSSR count). The number of hydrogen-bond donors (Lipinski definition) is 2. The van der Waals surface area contributed by atoms with Crippen LogP contribution in [-0.2, 0) is 6.54 Å². The number of methoxy groups -OCH3 is 1. The van der Waals surface area contributed by atoms with Crippen LogP contribution in [0.2, 0.25) is 0 Å². The van der Waals surface area contributed by atoms with Crippen molar-refractivity contribution in [1.29, 1.82) is 0 Å². The number of hydrogen-bond acceptors (Lipinski definition) is 4. The van der Waals surface area contributed by atoms with E-state index in [1.807, 2.05) is 12.1 Å². The molecule has 1 heterocycles. The second-order valence-corrected chi connectivity index (χ2v) is 4.03. The largest absolute Gasteiger partial charge is 0.497 e. The smallest absolute Gasteiger partial charge is 0.338 e. The van der Waals surface area contributed by atoms with Gasteiger partial charge in [0.15, 0.2) is 11.6 Å². The van der Waals surface area contributed by atoms with Crippen LogP contribution in [0.15, 0.2) is 36.5 Å². The molecule has 20 heavy (non-hydrogen) atoms. The van der Waals surface area contributed by atoms with Crippen LogP contribution in [0.3, 0.4) is 0 Å². The van der Waals surface area contributed by atoms with Crippen LogP contribution >= 0.6 is 0 Å². The van der Waals surface area contributed by atoms with E-state index in [2.05, 4.69) is 10.3 Å². The fourth-order valence-corrected chi connectivity index (χ4v) is 1.66. The van der Waals surface area contributed by atoms with Crippen molar-refractivity contribution in [1.82, 2.24) is 4.98 Å². The van der Waals surface area contributed by atoms with Gasteiger partial charge in [-0.05, 0) is 23.8 Å². The van der Waals surface area contributed by atoms with Crippen LogP contribution in [0, 0.1) is 5.82 Å². The number of nitrogens with one attached hydrogen (secondary N) is 1. The standard InChI is InChI=1S/C14H13FN2O3/c1-20-10-4-2-9(3-5-10)8-17-13-12(15)11(14(18)19)6-7-16-13/h2-7H,8H2,1H3,(H,16,17)(H,18,19). The molecule has 2 N–H and O–H groups in total. The molecule has 0 spiro atoms. The molecule has 0 saturated heterocycles. The highest BCUT2D eigenvalue weighted by Gasteiger charge is 2.14. The van der Waals surface area contributed by atoms with Crippen LogP contribution in [0.5, 0.6) is 5.75 Å². The number of halogens is 1. The molecule has 0 radical (unpaired) electrons. The van der Waals surface area contributed by atoms with Crippen molar-refractivity contribution in [2.45, 2.75) is 6.54 Å². The Morgan fingerprint density at radius 2 is 2.05 bits per heavy atom. The number of aromatic carboxylic acids is 1. The molecule has 0 aliphatic carbocycles. The molecular formula is C14H13FN2O3. The summed E-state index contributed by atoms with van der Waals surface area (Å²) in [5, 5.41) is 11.6. The minimum Gasteiger partial charge on any atom is -0.497 e. The lowest BCUT2D eigenvalue weighted by atomic mass is 10.2. The summed E-state index contributed by atoms with van der Waals surface area (Å²) in [6.45, 7) is 0.330. The minimum absolute atomic E-state index is 0.0827. The summed E-state index contributed by atoms with van der Waals surface area (Å²) in [5.74, 6) is -1.54. The molecular weight excluding hydrogens is 263 g/mol. The molecule has 0 unspecified atom stereocenters. The molecule has 2 aromatic rings. The zero-order valence-corrected chi connectivity index (χ0v) is 10.8. The van der Waals surface area contributed by atoms with E-state index >= 15 is 0 Å². The van der Waals surface area contributed by atoms with E-state index in [1.54, 1.807) is 19.2 Å². The maximum Gasteiger partial charge on any atom is 0.338 e. The van der Waals surface area contributed by atoms with Crippen LogP contribution in [0.25, 0.3) is 0 Å². The third-order valence-corrected chi connectivity index (χ3v) is 2.74. The predicted molar refractivity (Wildman–Crippen MR) is 71.5 cm³/mol. The lowest BCUT2D eigenvalue weighted by molar-refractivity contribution is 0.0692. The fourth-order valence-electron chi connectivity index (χ4n) is 1.66. The van der Waals surface area contributed by atoms with Crippen LogP contribution in [0.1, 0.15) is 15.9 Å². The molecule has 0 saturated carbocycles. The van der Waals surface area contributed by atoms with Gasteiger partial charge in [0.05, 0.1) is 7.11 Å². The van der Waals surface area contributed by atoms with Gasteiger partial charge < -0.3 is 15.2 Å². The number of pyridine rings is 1. The normalized spacial score (nSPS) is 10.1. The number of rotatable bonds is 5. The Morgan fingerprint density at radius 3 is 2.65 bits per heavy atom. The van der Waals surface area contributed by atoms with Crippen molar-refractivity contribution < 1.29 is 19.0 Å². The SMILES string of the molecule is COc1ccc(CNc2nccc(C(=O)O)c2F)cc1. The average molecular weight is 276 g/mol. The summed E-state index contributed by atoms with van der Waals surface area (Å²) in [6.07, 6.45) is 1.25. The van der Waals surface area contributed by atoms with E-state index in [0.29, 0.717) is 6.54 Å². The molecule has 0 amide bonds. The fraction of sp³-hybridized carbons (Fsp3) is 0.143. The highest BCUT2D eigenvalue weighted by atomic mass is 19.1. The van der Waals surface area contributed by atoms with E-state index in [9.17, 15) is 9.18 Å². The van der Waals surface area contributed by atoms with E-state index in [1.165, 1.54) is 6.20 Å². The van der Waals surface area contributed by atoms with Gasteiger partial charge in [-0.15, -0.1) is 0 Å². The summed E-state index contributed by atoms with van der Waals surface area (Å²) < 4.78 is 18.9. The first-order valence-electron chi connectivity index (χ1n) is 5.86. The number of ether oxygens (including phenoxy) is 1. The zero-order chi connectivity index (χ0) is 14.5. The molecule has 0 aliphatic heterocycles. The van der Waals surface area contributed by atoms with E-state index in [-0.39, 0.29) is 5.82 Å². The van der Waals surface area contributed by atoms with Gasteiger partial charge in [0.2, 0.25) is 0 Å². The van der Waals surface area contributed by atoms with Gasteiger partial charge in [0.25, 0.3) is 0 Å². The number of carbonyl (C=O) groups is 1. The van der Waals surface area contributed by atoms with Gasteiger partial charge in [0, 0.05) is 12.7 Å². The summed E-state index contributed by atoms with van der Waals surface area (Å²) in [5.41, 5.74) is 0.491. The van der Waals surface area contributed by atoms with Gasteiger partial charge >= 0.3 is 5.97 Å². The van der Waals surface area contributed by atoms with Crippen molar-refractivity contribution in [3.05, 3.63) is 53.5 Å². The molecule has 0 atom stereocenters. The van der Waals surface area contributed by atoms with Crippen molar-refractivity contribution in [2.24, 2.45) is 0 Å².